The third-order valence-electron chi connectivity index (χ3n) is 3.04. The van der Waals surface area contributed by atoms with Gasteiger partial charge in [-0.25, -0.2) is 0 Å². The van der Waals surface area contributed by atoms with Crippen molar-refractivity contribution in [3.8, 4) is 16.9 Å². The summed E-state index contributed by atoms with van der Waals surface area (Å²) >= 11 is 0. The number of aromatic nitrogens is 1. The molecule has 1 saturated heterocycles. The van der Waals surface area contributed by atoms with Crippen LogP contribution in [0.5, 0.6) is 5.75 Å². The van der Waals surface area contributed by atoms with Crippen molar-refractivity contribution < 1.29 is 18.3 Å². The monoisotopic (exact) mass is 277 g/mol. The van der Waals surface area contributed by atoms with E-state index in [1.54, 1.807) is 6.07 Å². The van der Waals surface area contributed by atoms with Crippen LogP contribution < -0.4 is 4.74 Å². The zero-order valence-corrected chi connectivity index (χ0v) is 10.9. The molecular weight excluding hydrogens is 264 g/mol. The number of rotatable bonds is 4. The summed E-state index contributed by atoms with van der Waals surface area (Å²) in [6.07, 6.45) is 0.120. The van der Waals surface area contributed by atoms with E-state index >= 15 is 0 Å². The summed E-state index contributed by atoms with van der Waals surface area (Å²) < 4.78 is 37.2. The number of aryl methyl sites for hydroxylation is 1. The van der Waals surface area contributed by atoms with Gasteiger partial charge in [0, 0.05) is 17.7 Å². The molecular formula is C15H13F2NO2. The fourth-order valence-electron chi connectivity index (χ4n) is 1.95. The van der Waals surface area contributed by atoms with E-state index in [2.05, 4.69) is 4.98 Å². The molecule has 0 aliphatic carbocycles. The van der Waals surface area contributed by atoms with Crippen molar-refractivity contribution in [3.05, 3.63) is 47.8 Å². The molecule has 1 fully saturated rings. The summed E-state index contributed by atoms with van der Waals surface area (Å²) in [6.45, 7) is 3.06. The van der Waals surface area contributed by atoms with Crippen molar-refractivity contribution >= 4 is 0 Å². The zero-order valence-electron chi connectivity index (χ0n) is 10.9. The second kappa shape index (κ2) is 5.17. The standard InChI is InChI=1S/C15H13F2NO2/c1-9-2-3-12(10-5-14(16)18-15(17)6-10)13(4-9)20-8-11-7-19-11/h2-6,11H,7-8H2,1H3/t11-/m0/s1. The lowest BCUT2D eigenvalue weighted by Gasteiger charge is -2.12. The minimum atomic E-state index is -0.850. The summed E-state index contributed by atoms with van der Waals surface area (Å²) in [5.74, 6) is -1.11. The third-order valence-corrected chi connectivity index (χ3v) is 3.04. The van der Waals surface area contributed by atoms with E-state index in [0.29, 0.717) is 30.1 Å². The molecule has 1 aliphatic rings. The van der Waals surface area contributed by atoms with Crippen LogP contribution in [0.25, 0.3) is 11.1 Å². The van der Waals surface area contributed by atoms with Gasteiger partial charge in [-0.1, -0.05) is 12.1 Å². The fourth-order valence-corrected chi connectivity index (χ4v) is 1.95. The number of nitrogens with zero attached hydrogens (tertiary/aromatic N) is 1. The number of epoxide rings is 1. The largest absolute Gasteiger partial charge is 0.490 e. The van der Waals surface area contributed by atoms with Crippen molar-refractivity contribution in [1.82, 2.24) is 4.98 Å². The zero-order chi connectivity index (χ0) is 14.1. The smallest absolute Gasteiger partial charge is 0.216 e. The van der Waals surface area contributed by atoms with Gasteiger partial charge >= 0.3 is 0 Å². The number of hydrogen-bond acceptors (Lipinski definition) is 3. The van der Waals surface area contributed by atoms with E-state index in [1.807, 2.05) is 19.1 Å². The molecule has 5 heteroatoms. The molecule has 20 heavy (non-hydrogen) atoms. The normalized spacial score (nSPS) is 17.1. The first-order chi connectivity index (χ1) is 9.61. The molecule has 0 radical (unpaired) electrons. The Morgan fingerprint density at radius 2 is 1.95 bits per heavy atom. The number of benzene rings is 1. The van der Waals surface area contributed by atoms with Crippen LogP contribution in [0.3, 0.4) is 0 Å². The van der Waals surface area contributed by atoms with E-state index in [-0.39, 0.29) is 6.10 Å². The minimum absolute atomic E-state index is 0.120. The van der Waals surface area contributed by atoms with Gasteiger partial charge in [-0.15, -0.1) is 0 Å². The topological polar surface area (TPSA) is 34.6 Å². The van der Waals surface area contributed by atoms with Crippen molar-refractivity contribution in [2.24, 2.45) is 0 Å². The molecule has 1 aromatic heterocycles. The second-order valence-corrected chi connectivity index (χ2v) is 4.77. The predicted molar refractivity (Wildman–Crippen MR) is 69.6 cm³/mol. The molecule has 1 aromatic carbocycles. The molecule has 0 amide bonds. The Kier molecular flexibility index (Phi) is 3.36. The average Bonchev–Trinajstić information content (AvgIpc) is 3.19. The van der Waals surface area contributed by atoms with Crippen LogP contribution in [-0.4, -0.2) is 24.3 Å². The Labute approximate surface area is 115 Å². The SMILES string of the molecule is Cc1ccc(-c2cc(F)nc(F)c2)c(OC[C@@H]2CO2)c1. The molecule has 104 valence electrons. The van der Waals surface area contributed by atoms with Gasteiger partial charge in [0.05, 0.1) is 6.61 Å². The Balaban J connectivity index is 1.97. The van der Waals surface area contributed by atoms with Gasteiger partial charge in [0.2, 0.25) is 11.9 Å². The van der Waals surface area contributed by atoms with Gasteiger partial charge in [-0.3, -0.25) is 0 Å². The molecule has 3 nitrogen and oxygen atoms in total. The van der Waals surface area contributed by atoms with Crippen LogP contribution in [0, 0.1) is 18.8 Å². The van der Waals surface area contributed by atoms with Crippen LogP contribution in [-0.2, 0) is 4.74 Å². The fraction of sp³-hybridized carbons (Fsp3) is 0.267. The first-order valence-corrected chi connectivity index (χ1v) is 6.30. The first kappa shape index (κ1) is 13.0. The molecule has 0 spiro atoms. The van der Waals surface area contributed by atoms with E-state index in [9.17, 15) is 8.78 Å². The van der Waals surface area contributed by atoms with E-state index in [0.717, 1.165) is 5.56 Å². The molecule has 0 bridgehead atoms. The van der Waals surface area contributed by atoms with Crippen molar-refractivity contribution in [1.29, 1.82) is 0 Å². The van der Waals surface area contributed by atoms with E-state index < -0.39 is 11.9 Å². The Morgan fingerprint density at radius 3 is 2.60 bits per heavy atom. The van der Waals surface area contributed by atoms with Crippen LogP contribution in [0.2, 0.25) is 0 Å². The maximum absolute atomic E-state index is 13.2. The summed E-state index contributed by atoms with van der Waals surface area (Å²) in [4.78, 5) is 3.10. The van der Waals surface area contributed by atoms with Gasteiger partial charge in [0.15, 0.2) is 0 Å². The highest BCUT2D eigenvalue weighted by Gasteiger charge is 2.23. The number of halogens is 2. The Morgan fingerprint density at radius 1 is 1.25 bits per heavy atom. The highest BCUT2D eigenvalue weighted by atomic mass is 19.1. The summed E-state index contributed by atoms with van der Waals surface area (Å²) in [6, 6.07) is 7.87. The molecule has 1 aliphatic heterocycles. The van der Waals surface area contributed by atoms with Gasteiger partial charge in [0.25, 0.3) is 0 Å². The molecule has 0 N–H and O–H groups in total. The summed E-state index contributed by atoms with van der Waals surface area (Å²) in [5.41, 5.74) is 2.05. The number of hydrogen-bond donors (Lipinski definition) is 0. The quantitative estimate of drug-likeness (QED) is 0.636. The van der Waals surface area contributed by atoms with Crippen LogP contribution in [0.1, 0.15) is 5.56 Å². The number of ether oxygens (including phenoxy) is 2. The van der Waals surface area contributed by atoms with Crippen LogP contribution in [0.4, 0.5) is 8.78 Å². The van der Waals surface area contributed by atoms with Crippen molar-refractivity contribution in [2.75, 3.05) is 13.2 Å². The third kappa shape index (κ3) is 2.93. The Bertz CT molecular complexity index is 622. The van der Waals surface area contributed by atoms with Gasteiger partial charge in [0.1, 0.15) is 18.5 Å². The maximum atomic E-state index is 13.2. The molecule has 2 aromatic rings. The molecule has 1 atom stereocenters. The lowest BCUT2D eigenvalue weighted by atomic mass is 10.0. The second-order valence-electron chi connectivity index (χ2n) is 4.77. The lowest BCUT2D eigenvalue weighted by molar-refractivity contribution is 0.264. The lowest BCUT2D eigenvalue weighted by Crippen LogP contribution is -2.05. The van der Waals surface area contributed by atoms with Gasteiger partial charge in [-0.05, 0) is 24.1 Å². The molecule has 0 saturated carbocycles. The van der Waals surface area contributed by atoms with Gasteiger partial charge in [-0.2, -0.15) is 13.8 Å². The molecule has 2 heterocycles. The summed E-state index contributed by atoms with van der Waals surface area (Å²) in [5, 5.41) is 0. The summed E-state index contributed by atoms with van der Waals surface area (Å²) in [7, 11) is 0. The minimum Gasteiger partial charge on any atom is -0.490 e. The van der Waals surface area contributed by atoms with Gasteiger partial charge < -0.3 is 9.47 Å². The van der Waals surface area contributed by atoms with E-state index in [1.165, 1.54) is 12.1 Å². The molecule has 3 rings (SSSR count). The van der Waals surface area contributed by atoms with Crippen LogP contribution in [0.15, 0.2) is 30.3 Å². The highest BCUT2D eigenvalue weighted by Crippen LogP contribution is 2.32. The van der Waals surface area contributed by atoms with E-state index in [4.69, 9.17) is 9.47 Å². The highest BCUT2D eigenvalue weighted by molar-refractivity contribution is 5.70. The maximum Gasteiger partial charge on any atom is 0.216 e. The average molecular weight is 277 g/mol. The first-order valence-electron chi connectivity index (χ1n) is 6.30. The predicted octanol–water partition coefficient (Wildman–Crippen LogP) is 3.11. The molecule has 0 unspecified atom stereocenters. The number of pyridine rings is 1. The van der Waals surface area contributed by atoms with Crippen molar-refractivity contribution in [3.63, 3.8) is 0 Å². The van der Waals surface area contributed by atoms with Crippen molar-refractivity contribution in [2.45, 2.75) is 13.0 Å². The van der Waals surface area contributed by atoms with Crippen LogP contribution >= 0.6 is 0 Å². The Hall–Kier alpha value is -2.01.